The number of hydrogen-bond acceptors (Lipinski definition) is 6. The van der Waals surface area contributed by atoms with Gasteiger partial charge in [-0.05, 0) is 66.8 Å². The Kier molecular flexibility index (Phi) is 6.80. The Morgan fingerprint density at radius 3 is 1.86 bits per heavy atom. The van der Waals surface area contributed by atoms with Gasteiger partial charge in [-0.1, -0.05) is 24.3 Å². The van der Waals surface area contributed by atoms with Crippen LogP contribution in [0.4, 0.5) is 23.0 Å². The number of pyridine rings is 1. The number of rotatable bonds is 8. The van der Waals surface area contributed by atoms with Crippen molar-refractivity contribution in [3.05, 3.63) is 76.9 Å². The summed E-state index contributed by atoms with van der Waals surface area (Å²) in [6, 6.07) is 19.5. The van der Waals surface area contributed by atoms with Crippen molar-refractivity contribution in [2.45, 2.75) is 19.8 Å². The van der Waals surface area contributed by atoms with E-state index in [4.69, 9.17) is 10.2 Å². The predicted octanol–water partition coefficient (Wildman–Crippen LogP) is 3.82. The van der Waals surface area contributed by atoms with Crippen molar-refractivity contribution in [3.63, 3.8) is 0 Å². The van der Waals surface area contributed by atoms with Crippen LogP contribution in [0.3, 0.4) is 0 Å². The third-order valence-electron chi connectivity index (χ3n) is 4.57. The van der Waals surface area contributed by atoms with Gasteiger partial charge in [0.15, 0.2) is 5.82 Å². The van der Waals surface area contributed by atoms with Gasteiger partial charge in [-0.3, -0.25) is 0 Å². The fraction of sp³-hybridized carbons (Fsp3) is 0.217. The topological polar surface area (TPSA) is 101 Å². The smallest absolute Gasteiger partial charge is 0.151 e. The second kappa shape index (κ2) is 9.69. The van der Waals surface area contributed by atoms with Gasteiger partial charge < -0.3 is 20.8 Å². The maximum Gasteiger partial charge on any atom is 0.151 e. The van der Waals surface area contributed by atoms with Crippen LogP contribution in [-0.2, 0) is 12.8 Å². The third-order valence-corrected chi connectivity index (χ3v) is 4.57. The zero-order valence-electron chi connectivity index (χ0n) is 16.3. The highest BCUT2D eigenvalue weighted by molar-refractivity contribution is 5.69. The lowest BCUT2D eigenvalue weighted by Gasteiger charge is -2.13. The van der Waals surface area contributed by atoms with Crippen molar-refractivity contribution in [1.29, 1.82) is 5.26 Å². The lowest BCUT2D eigenvalue weighted by Crippen LogP contribution is -2.03. The molecule has 1 aromatic heterocycles. The number of nitrogens with one attached hydrogen (secondary N) is 2. The number of anilines is 4. The van der Waals surface area contributed by atoms with Gasteiger partial charge in [0, 0.05) is 24.6 Å². The fourth-order valence-electron chi connectivity index (χ4n) is 3.02. The highest BCUT2D eigenvalue weighted by Gasteiger charge is 2.11. The second-order valence-electron chi connectivity index (χ2n) is 6.75. The summed E-state index contributed by atoms with van der Waals surface area (Å²) >= 11 is 0. The number of aliphatic hydroxyl groups is 2. The molecule has 148 valence electrons. The molecule has 0 saturated heterocycles. The molecule has 0 spiro atoms. The van der Waals surface area contributed by atoms with E-state index in [0.717, 1.165) is 28.1 Å². The van der Waals surface area contributed by atoms with Gasteiger partial charge in [-0.15, -0.1) is 0 Å². The summed E-state index contributed by atoms with van der Waals surface area (Å²) < 4.78 is 0. The van der Waals surface area contributed by atoms with E-state index in [0.29, 0.717) is 30.0 Å². The minimum Gasteiger partial charge on any atom is -0.396 e. The van der Waals surface area contributed by atoms with E-state index in [1.165, 1.54) is 0 Å². The van der Waals surface area contributed by atoms with Crippen molar-refractivity contribution < 1.29 is 10.2 Å². The van der Waals surface area contributed by atoms with E-state index in [-0.39, 0.29) is 13.2 Å². The van der Waals surface area contributed by atoms with Gasteiger partial charge >= 0.3 is 0 Å². The summed E-state index contributed by atoms with van der Waals surface area (Å²) in [6.45, 7) is 2.12. The molecule has 0 radical (unpaired) electrons. The Morgan fingerprint density at radius 2 is 1.38 bits per heavy atom. The summed E-state index contributed by atoms with van der Waals surface area (Å²) in [7, 11) is 0. The molecule has 0 atom stereocenters. The maximum atomic E-state index is 9.55. The summed E-state index contributed by atoms with van der Waals surface area (Å²) in [4.78, 5) is 4.59. The van der Waals surface area contributed by atoms with Gasteiger partial charge in [-0.2, -0.15) is 5.26 Å². The monoisotopic (exact) mass is 388 g/mol. The largest absolute Gasteiger partial charge is 0.396 e. The van der Waals surface area contributed by atoms with Crippen molar-refractivity contribution in [3.8, 4) is 6.07 Å². The highest BCUT2D eigenvalue weighted by atomic mass is 16.3. The normalized spacial score (nSPS) is 10.4. The van der Waals surface area contributed by atoms with E-state index in [1.807, 2.05) is 61.5 Å². The predicted molar refractivity (Wildman–Crippen MR) is 115 cm³/mol. The van der Waals surface area contributed by atoms with Crippen LogP contribution in [0, 0.1) is 18.3 Å². The Balaban J connectivity index is 1.83. The average molecular weight is 388 g/mol. The molecule has 0 fully saturated rings. The van der Waals surface area contributed by atoms with E-state index < -0.39 is 0 Å². The Labute approximate surface area is 170 Å². The Morgan fingerprint density at radius 1 is 0.862 bits per heavy atom. The van der Waals surface area contributed by atoms with Gasteiger partial charge in [0.1, 0.15) is 11.9 Å². The van der Waals surface area contributed by atoms with Crippen LogP contribution in [0.2, 0.25) is 0 Å². The molecular weight excluding hydrogens is 364 g/mol. The first-order valence-corrected chi connectivity index (χ1v) is 9.48. The van der Waals surface area contributed by atoms with Gasteiger partial charge in [-0.25, -0.2) is 4.98 Å². The van der Waals surface area contributed by atoms with Crippen LogP contribution in [0.5, 0.6) is 0 Å². The summed E-state index contributed by atoms with van der Waals surface area (Å²) in [5, 5.41) is 34.1. The number of aryl methyl sites for hydroxylation is 1. The molecule has 6 heteroatoms. The van der Waals surface area contributed by atoms with Crippen molar-refractivity contribution in [2.75, 3.05) is 23.8 Å². The van der Waals surface area contributed by atoms with Crippen molar-refractivity contribution in [2.24, 2.45) is 0 Å². The average Bonchev–Trinajstić information content (AvgIpc) is 2.71. The first kappa shape index (κ1) is 20.3. The highest BCUT2D eigenvalue weighted by Crippen LogP contribution is 2.26. The number of benzene rings is 2. The first-order valence-electron chi connectivity index (χ1n) is 9.48. The van der Waals surface area contributed by atoms with Crippen LogP contribution in [-0.4, -0.2) is 28.4 Å². The molecule has 4 N–H and O–H groups in total. The maximum absolute atomic E-state index is 9.55. The van der Waals surface area contributed by atoms with Crippen LogP contribution < -0.4 is 10.6 Å². The number of aliphatic hydroxyl groups excluding tert-OH is 2. The Hall–Kier alpha value is -3.40. The van der Waals surface area contributed by atoms with Gasteiger partial charge in [0.05, 0.1) is 5.56 Å². The standard InChI is InChI=1S/C23H24N4O2/c1-16-14-22(25-19-6-2-17(3-7-19)10-12-28)27-23(21(16)15-24)26-20-8-4-18(5-9-20)11-13-29/h2-9,14,28-29H,10-13H2,1H3,(H2,25,26,27). The lowest BCUT2D eigenvalue weighted by molar-refractivity contribution is 0.299. The molecule has 0 amide bonds. The molecule has 3 aromatic rings. The molecule has 0 aliphatic rings. The van der Waals surface area contributed by atoms with E-state index in [2.05, 4.69) is 21.7 Å². The van der Waals surface area contributed by atoms with Gasteiger partial charge in [0.25, 0.3) is 0 Å². The molecule has 0 bridgehead atoms. The fourth-order valence-corrected chi connectivity index (χ4v) is 3.02. The molecule has 29 heavy (non-hydrogen) atoms. The molecule has 0 unspecified atom stereocenters. The summed E-state index contributed by atoms with van der Waals surface area (Å²) in [5.41, 5.74) is 5.12. The quantitative estimate of drug-likeness (QED) is 0.468. The first-order chi connectivity index (χ1) is 14.1. The molecule has 0 aliphatic heterocycles. The SMILES string of the molecule is Cc1cc(Nc2ccc(CCO)cc2)nc(Nc2ccc(CCO)cc2)c1C#N. The van der Waals surface area contributed by atoms with E-state index >= 15 is 0 Å². The molecule has 6 nitrogen and oxygen atoms in total. The number of aromatic nitrogens is 1. The van der Waals surface area contributed by atoms with Crippen molar-refractivity contribution in [1.82, 2.24) is 4.98 Å². The van der Waals surface area contributed by atoms with E-state index in [9.17, 15) is 5.26 Å². The molecular formula is C23H24N4O2. The Bertz CT molecular complexity index is 993. The zero-order valence-corrected chi connectivity index (χ0v) is 16.3. The van der Waals surface area contributed by atoms with E-state index in [1.54, 1.807) is 0 Å². The second-order valence-corrected chi connectivity index (χ2v) is 6.75. The van der Waals surface area contributed by atoms with Crippen molar-refractivity contribution >= 4 is 23.0 Å². The molecule has 0 saturated carbocycles. The van der Waals surface area contributed by atoms with Crippen LogP contribution >= 0.6 is 0 Å². The lowest BCUT2D eigenvalue weighted by atomic mass is 10.1. The number of hydrogen-bond donors (Lipinski definition) is 4. The van der Waals surface area contributed by atoms with Gasteiger partial charge in [0.2, 0.25) is 0 Å². The molecule has 1 heterocycles. The number of nitrogens with zero attached hydrogens (tertiary/aromatic N) is 2. The third kappa shape index (κ3) is 5.32. The van der Waals surface area contributed by atoms with Crippen LogP contribution in [0.1, 0.15) is 22.3 Å². The van der Waals surface area contributed by atoms with Crippen LogP contribution in [0.15, 0.2) is 54.6 Å². The zero-order chi connectivity index (χ0) is 20.6. The molecule has 0 aliphatic carbocycles. The van der Waals surface area contributed by atoms with Crippen LogP contribution in [0.25, 0.3) is 0 Å². The minimum atomic E-state index is 0.112. The summed E-state index contributed by atoms with van der Waals surface area (Å²) in [6.07, 6.45) is 1.23. The number of nitriles is 1. The minimum absolute atomic E-state index is 0.112. The summed E-state index contributed by atoms with van der Waals surface area (Å²) in [5.74, 6) is 1.12. The molecule has 3 rings (SSSR count). The molecule has 2 aromatic carbocycles.